The van der Waals surface area contributed by atoms with Gasteiger partial charge >= 0.3 is 0 Å². The lowest BCUT2D eigenvalue weighted by Gasteiger charge is -2.35. The molecule has 0 aromatic carbocycles. The van der Waals surface area contributed by atoms with E-state index in [1.54, 1.807) is 0 Å². The van der Waals surface area contributed by atoms with E-state index in [0.29, 0.717) is 5.54 Å². The van der Waals surface area contributed by atoms with E-state index in [2.05, 4.69) is 39.6 Å². The fourth-order valence-corrected chi connectivity index (χ4v) is 1.69. The van der Waals surface area contributed by atoms with Crippen molar-refractivity contribution in [3.8, 4) is 0 Å². The molecular weight excluding hydrogens is 194 g/mol. The smallest absolute Gasteiger partial charge is 0.0225 e. The Kier molecular flexibility index (Phi) is 6.80. The summed E-state index contributed by atoms with van der Waals surface area (Å²) in [5, 5.41) is 0. The molecule has 1 atom stereocenters. The summed E-state index contributed by atoms with van der Waals surface area (Å²) in [6.45, 7) is 10.3. The fraction of sp³-hybridized carbons (Fsp3) is 1.00. The van der Waals surface area contributed by atoms with Gasteiger partial charge in [0.25, 0.3) is 0 Å². The van der Waals surface area contributed by atoms with Crippen molar-refractivity contribution < 1.29 is 0 Å². The van der Waals surface area contributed by atoms with Gasteiger partial charge in [-0.25, -0.2) is 0 Å². The second-order valence-corrected chi connectivity index (χ2v) is 5.34. The van der Waals surface area contributed by atoms with E-state index in [9.17, 15) is 0 Å². The average molecular weight is 220 g/mol. The minimum atomic E-state index is 0.334. The van der Waals surface area contributed by atoms with E-state index in [-0.39, 0.29) is 0 Å². The highest BCUT2D eigenvalue weighted by molar-refractivity contribution is 6.17. The Bertz CT molecular complexity index is 145. The zero-order chi connectivity index (χ0) is 11.2. The van der Waals surface area contributed by atoms with Gasteiger partial charge in [-0.15, -0.1) is 11.6 Å². The van der Waals surface area contributed by atoms with Crippen LogP contribution < -0.4 is 0 Å². The lowest BCUT2D eigenvalue weighted by Crippen LogP contribution is -2.41. The maximum atomic E-state index is 5.72. The first-order valence-electron chi connectivity index (χ1n) is 5.71. The summed E-state index contributed by atoms with van der Waals surface area (Å²) in [5.41, 5.74) is 0.334. The Hall–Kier alpha value is 0.250. The normalized spacial score (nSPS) is 14.8. The van der Waals surface area contributed by atoms with Gasteiger partial charge in [-0.2, -0.15) is 0 Å². The minimum Gasteiger partial charge on any atom is -0.301 e. The van der Waals surface area contributed by atoms with Crippen LogP contribution in [0.3, 0.4) is 0 Å². The third-order valence-corrected chi connectivity index (χ3v) is 3.68. The van der Waals surface area contributed by atoms with Crippen molar-refractivity contribution in [2.24, 2.45) is 5.92 Å². The number of hydrogen-bond donors (Lipinski definition) is 0. The third-order valence-electron chi connectivity index (χ3n) is 3.46. The van der Waals surface area contributed by atoms with Crippen LogP contribution in [0, 0.1) is 5.92 Å². The van der Waals surface area contributed by atoms with Gasteiger partial charge < -0.3 is 4.90 Å². The summed E-state index contributed by atoms with van der Waals surface area (Å²) in [7, 11) is 2.22. The van der Waals surface area contributed by atoms with Gasteiger partial charge in [-0.1, -0.05) is 13.8 Å². The molecule has 0 fully saturated rings. The van der Waals surface area contributed by atoms with E-state index in [0.717, 1.165) is 18.2 Å². The third kappa shape index (κ3) is 5.21. The van der Waals surface area contributed by atoms with Gasteiger partial charge in [-0.3, -0.25) is 0 Å². The van der Waals surface area contributed by atoms with Gasteiger partial charge in [0.2, 0.25) is 0 Å². The highest BCUT2D eigenvalue weighted by atomic mass is 35.5. The first-order valence-corrected chi connectivity index (χ1v) is 6.24. The molecule has 0 saturated carbocycles. The van der Waals surface area contributed by atoms with Gasteiger partial charge in [0.15, 0.2) is 0 Å². The van der Waals surface area contributed by atoms with Crippen molar-refractivity contribution in [2.75, 3.05) is 19.5 Å². The molecule has 0 radical (unpaired) electrons. The number of halogens is 1. The quantitative estimate of drug-likeness (QED) is 0.590. The molecule has 0 amide bonds. The zero-order valence-electron chi connectivity index (χ0n) is 10.4. The summed E-state index contributed by atoms with van der Waals surface area (Å²) < 4.78 is 0. The Labute approximate surface area is 94.8 Å². The molecule has 0 aliphatic rings. The molecule has 0 aromatic heterocycles. The number of alkyl halides is 1. The SMILES string of the molecule is CCC(C)(C)N(C)CCC(C)CCCl. The largest absolute Gasteiger partial charge is 0.301 e. The van der Waals surface area contributed by atoms with Crippen LogP contribution in [0.15, 0.2) is 0 Å². The van der Waals surface area contributed by atoms with E-state index in [1.165, 1.54) is 19.4 Å². The van der Waals surface area contributed by atoms with E-state index < -0.39 is 0 Å². The van der Waals surface area contributed by atoms with Crippen LogP contribution in [-0.4, -0.2) is 29.9 Å². The molecule has 14 heavy (non-hydrogen) atoms. The molecule has 0 N–H and O–H groups in total. The topological polar surface area (TPSA) is 3.24 Å². The van der Waals surface area contributed by atoms with E-state index in [1.807, 2.05) is 0 Å². The maximum absolute atomic E-state index is 5.72. The first-order chi connectivity index (χ1) is 6.44. The van der Waals surface area contributed by atoms with Crippen LogP contribution >= 0.6 is 11.6 Å². The van der Waals surface area contributed by atoms with Crippen molar-refractivity contribution in [1.82, 2.24) is 4.90 Å². The second-order valence-electron chi connectivity index (χ2n) is 4.96. The Morgan fingerprint density at radius 3 is 2.29 bits per heavy atom. The monoisotopic (exact) mass is 219 g/mol. The molecule has 0 aliphatic carbocycles. The molecule has 0 bridgehead atoms. The summed E-state index contributed by atoms with van der Waals surface area (Å²) in [4.78, 5) is 2.46. The molecule has 0 rings (SSSR count). The molecule has 0 aromatic rings. The number of nitrogens with zero attached hydrogens (tertiary/aromatic N) is 1. The Morgan fingerprint density at radius 2 is 1.86 bits per heavy atom. The van der Waals surface area contributed by atoms with Crippen LogP contribution in [0.25, 0.3) is 0 Å². The molecular formula is C12H26ClN. The molecule has 1 nitrogen and oxygen atoms in total. The molecule has 0 spiro atoms. The predicted molar refractivity (Wildman–Crippen MR) is 66.1 cm³/mol. The zero-order valence-corrected chi connectivity index (χ0v) is 11.2. The fourth-order valence-electron chi connectivity index (χ4n) is 1.32. The van der Waals surface area contributed by atoms with Crippen LogP contribution in [0.2, 0.25) is 0 Å². The summed E-state index contributed by atoms with van der Waals surface area (Å²) in [6.07, 6.45) is 3.60. The van der Waals surface area contributed by atoms with Crippen molar-refractivity contribution in [2.45, 2.75) is 52.5 Å². The van der Waals surface area contributed by atoms with Crippen LogP contribution in [0.1, 0.15) is 47.0 Å². The second kappa shape index (κ2) is 6.68. The highest BCUT2D eigenvalue weighted by Gasteiger charge is 2.20. The molecule has 86 valence electrons. The van der Waals surface area contributed by atoms with Crippen molar-refractivity contribution >= 4 is 11.6 Å². The summed E-state index contributed by atoms with van der Waals surface area (Å²) >= 11 is 5.72. The van der Waals surface area contributed by atoms with Gasteiger partial charge in [0.1, 0.15) is 0 Å². The van der Waals surface area contributed by atoms with Gasteiger partial charge in [0.05, 0.1) is 0 Å². The lowest BCUT2D eigenvalue weighted by atomic mass is 9.98. The van der Waals surface area contributed by atoms with Crippen molar-refractivity contribution in [3.63, 3.8) is 0 Å². The van der Waals surface area contributed by atoms with Crippen LogP contribution in [0.5, 0.6) is 0 Å². The Balaban J connectivity index is 3.78. The molecule has 1 unspecified atom stereocenters. The van der Waals surface area contributed by atoms with Gasteiger partial charge in [-0.05, 0) is 52.6 Å². The lowest BCUT2D eigenvalue weighted by molar-refractivity contribution is 0.142. The van der Waals surface area contributed by atoms with Crippen LogP contribution in [0.4, 0.5) is 0 Å². The summed E-state index contributed by atoms with van der Waals surface area (Å²) in [6, 6.07) is 0. The van der Waals surface area contributed by atoms with E-state index in [4.69, 9.17) is 11.6 Å². The molecule has 2 heteroatoms. The summed E-state index contributed by atoms with van der Waals surface area (Å²) in [5.74, 6) is 1.55. The molecule has 0 saturated heterocycles. The van der Waals surface area contributed by atoms with Crippen molar-refractivity contribution in [1.29, 1.82) is 0 Å². The number of hydrogen-bond acceptors (Lipinski definition) is 1. The average Bonchev–Trinajstić information content (AvgIpc) is 2.14. The first kappa shape index (κ1) is 14.2. The van der Waals surface area contributed by atoms with Gasteiger partial charge in [0, 0.05) is 11.4 Å². The van der Waals surface area contributed by atoms with Crippen LogP contribution in [-0.2, 0) is 0 Å². The predicted octanol–water partition coefficient (Wildman–Crippen LogP) is 3.76. The molecule has 0 heterocycles. The van der Waals surface area contributed by atoms with E-state index >= 15 is 0 Å². The van der Waals surface area contributed by atoms with Crippen molar-refractivity contribution in [3.05, 3.63) is 0 Å². The highest BCUT2D eigenvalue weighted by Crippen LogP contribution is 2.18. The number of rotatable bonds is 7. The molecule has 0 aliphatic heterocycles. The standard InChI is InChI=1S/C12H26ClN/c1-6-12(3,4)14(5)10-8-11(2)7-9-13/h11H,6-10H2,1-5H3. The minimum absolute atomic E-state index is 0.334. The Morgan fingerprint density at radius 1 is 1.29 bits per heavy atom. The maximum Gasteiger partial charge on any atom is 0.0225 e.